The van der Waals surface area contributed by atoms with Crippen molar-refractivity contribution in [2.45, 2.75) is 27.3 Å². The summed E-state index contributed by atoms with van der Waals surface area (Å²) in [7, 11) is 0. The van der Waals surface area contributed by atoms with E-state index in [1.165, 1.54) is 16.7 Å². The Morgan fingerprint density at radius 3 is 1.96 bits per heavy atom. The zero-order chi connectivity index (χ0) is 18.0. The second-order valence-corrected chi connectivity index (χ2v) is 7.46. The SMILES string of the molecule is CCSC1=C(c2ccc(C)cc2)C(=O)N(Cc2ccc(C)cc2)C1=O. The van der Waals surface area contributed by atoms with E-state index >= 15 is 0 Å². The molecule has 1 aliphatic rings. The average molecular weight is 351 g/mol. The molecule has 2 aromatic carbocycles. The van der Waals surface area contributed by atoms with Crippen molar-refractivity contribution in [2.24, 2.45) is 0 Å². The number of hydrogen-bond acceptors (Lipinski definition) is 3. The van der Waals surface area contributed by atoms with Gasteiger partial charge in [-0.3, -0.25) is 14.5 Å². The molecule has 0 aromatic heterocycles. The molecule has 3 rings (SSSR count). The van der Waals surface area contributed by atoms with E-state index in [1.807, 2.05) is 69.3 Å². The summed E-state index contributed by atoms with van der Waals surface area (Å²) in [4.78, 5) is 27.8. The number of rotatable bonds is 5. The van der Waals surface area contributed by atoms with E-state index in [1.54, 1.807) is 0 Å². The van der Waals surface area contributed by atoms with Gasteiger partial charge in [-0.25, -0.2) is 0 Å². The number of imide groups is 1. The number of carbonyl (C=O) groups excluding carboxylic acids is 2. The van der Waals surface area contributed by atoms with Crippen molar-refractivity contribution in [1.82, 2.24) is 4.90 Å². The molecule has 2 amide bonds. The Hall–Kier alpha value is -2.33. The molecule has 0 aliphatic carbocycles. The van der Waals surface area contributed by atoms with Crippen LogP contribution in [0.2, 0.25) is 0 Å². The van der Waals surface area contributed by atoms with E-state index in [0.29, 0.717) is 17.0 Å². The summed E-state index contributed by atoms with van der Waals surface area (Å²) in [6.45, 7) is 6.32. The van der Waals surface area contributed by atoms with Crippen LogP contribution >= 0.6 is 11.8 Å². The third-order valence-electron chi connectivity index (χ3n) is 4.22. The van der Waals surface area contributed by atoms with Gasteiger partial charge in [-0.2, -0.15) is 0 Å². The normalized spacial score (nSPS) is 14.6. The number of benzene rings is 2. The van der Waals surface area contributed by atoms with Crippen LogP contribution in [0.15, 0.2) is 53.4 Å². The van der Waals surface area contributed by atoms with Crippen molar-refractivity contribution < 1.29 is 9.59 Å². The van der Waals surface area contributed by atoms with Crippen molar-refractivity contribution in [2.75, 3.05) is 5.75 Å². The van der Waals surface area contributed by atoms with Crippen molar-refractivity contribution in [1.29, 1.82) is 0 Å². The minimum atomic E-state index is -0.203. The molecule has 0 N–H and O–H groups in total. The molecule has 1 aliphatic heterocycles. The van der Waals surface area contributed by atoms with Crippen LogP contribution < -0.4 is 0 Å². The molecule has 128 valence electrons. The molecule has 0 saturated heterocycles. The Labute approximate surface area is 152 Å². The molecular formula is C21H21NO2S. The van der Waals surface area contributed by atoms with Crippen LogP contribution in [0.3, 0.4) is 0 Å². The average Bonchev–Trinajstić information content (AvgIpc) is 2.83. The van der Waals surface area contributed by atoms with Gasteiger partial charge in [0, 0.05) is 0 Å². The number of thioether (sulfide) groups is 1. The summed E-state index contributed by atoms with van der Waals surface area (Å²) in [6.07, 6.45) is 0. The van der Waals surface area contributed by atoms with Crippen LogP contribution in [0, 0.1) is 13.8 Å². The van der Waals surface area contributed by atoms with E-state index in [-0.39, 0.29) is 11.8 Å². The Morgan fingerprint density at radius 2 is 1.40 bits per heavy atom. The van der Waals surface area contributed by atoms with E-state index in [2.05, 4.69) is 0 Å². The van der Waals surface area contributed by atoms with E-state index in [9.17, 15) is 9.59 Å². The molecule has 25 heavy (non-hydrogen) atoms. The first-order valence-electron chi connectivity index (χ1n) is 8.37. The number of hydrogen-bond donors (Lipinski definition) is 0. The molecule has 0 bridgehead atoms. The minimum Gasteiger partial charge on any atom is -0.269 e. The lowest BCUT2D eigenvalue weighted by Crippen LogP contribution is -2.30. The second-order valence-electron chi connectivity index (χ2n) is 6.19. The first kappa shape index (κ1) is 17.5. The fourth-order valence-corrected chi connectivity index (χ4v) is 3.70. The van der Waals surface area contributed by atoms with Crippen molar-refractivity contribution in [3.63, 3.8) is 0 Å². The first-order chi connectivity index (χ1) is 12.0. The van der Waals surface area contributed by atoms with Gasteiger partial charge in [0.15, 0.2) is 0 Å². The van der Waals surface area contributed by atoms with Gasteiger partial charge in [0.05, 0.1) is 17.0 Å². The lowest BCUT2D eigenvalue weighted by molar-refractivity contribution is -0.137. The van der Waals surface area contributed by atoms with Crippen molar-refractivity contribution >= 4 is 29.1 Å². The van der Waals surface area contributed by atoms with Crippen LogP contribution in [0.25, 0.3) is 5.57 Å². The van der Waals surface area contributed by atoms with Crippen LogP contribution in [0.4, 0.5) is 0 Å². The number of aryl methyl sites for hydroxylation is 2. The van der Waals surface area contributed by atoms with Gasteiger partial charge in [-0.1, -0.05) is 66.6 Å². The molecule has 0 radical (unpaired) electrons. The maximum absolute atomic E-state index is 13.0. The first-order valence-corrected chi connectivity index (χ1v) is 9.35. The van der Waals surface area contributed by atoms with Crippen molar-refractivity contribution in [3.05, 3.63) is 75.7 Å². The van der Waals surface area contributed by atoms with Crippen LogP contribution in [-0.4, -0.2) is 22.5 Å². The Kier molecular flexibility index (Phi) is 5.09. The third-order valence-corrected chi connectivity index (χ3v) is 5.17. The van der Waals surface area contributed by atoms with Gasteiger partial charge >= 0.3 is 0 Å². The Morgan fingerprint density at radius 1 is 0.840 bits per heavy atom. The van der Waals surface area contributed by atoms with Gasteiger partial charge in [-0.15, -0.1) is 11.8 Å². The fourth-order valence-electron chi connectivity index (χ4n) is 2.83. The summed E-state index contributed by atoms with van der Waals surface area (Å²) in [5, 5.41) is 0. The summed E-state index contributed by atoms with van der Waals surface area (Å²) < 4.78 is 0. The highest BCUT2D eigenvalue weighted by Gasteiger charge is 2.38. The molecule has 0 fully saturated rings. The number of amides is 2. The van der Waals surface area contributed by atoms with Crippen LogP contribution in [0.1, 0.15) is 29.2 Å². The number of nitrogens with zero attached hydrogens (tertiary/aromatic N) is 1. The summed E-state index contributed by atoms with van der Waals surface area (Å²) in [5.41, 5.74) is 4.58. The molecule has 4 heteroatoms. The fraction of sp³-hybridized carbons (Fsp3) is 0.238. The molecule has 0 spiro atoms. The highest BCUT2D eigenvalue weighted by Crippen LogP contribution is 2.36. The topological polar surface area (TPSA) is 37.4 Å². The maximum Gasteiger partial charge on any atom is 0.268 e. The highest BCUT2D eigenvalue weighted by atomic mass is 32.2. The van der Waals surface area contributed by atoms with Crippen molar-refractivity contribution in [3.8, 4) is 0 Å². The van der Waals surface area contributed by atoms with Crippen LogP contribution in [-0.2, 0) is 16.1 Å². The predicted octanol–water partition coefficient (Wildman–Crippen LogP) is 4.34. The van der Waals surface area contributed by atoms with E-state index in [0.717, 1.165) is 28.0 Å². The smallest absolute Gasteiger partial charge is 0.268 e. The largest absolute Gasteiger partial charge is 0.269 e. The molecule has 0 unspecified atom stereocenters. The zero-order valence-corrected chi connectivity index (χ0v) is 15.5. The molecule has 0 atom stereocenters. The van der Waals surface area contributed by atoms with E-state index in [4.69, 9.17) is 0 Å². The summed E-state index contributed by atoms with van der Waals surface area (Å²) in [6, 6.07) is 15.7. The molecule has 2 aromatic rings. The van der Waals surface area contributed by atoms with Gasteiger partial charge < -0.3 is 0 Å². The van der Waals surface area contributed by atoms with E-state index < -0.39 is 0 Å². The summed E-state index contributed by atoms with van der Waals surface area (Å²) in [5.74, 6) is 0.362. The third kappa shape index (κ3) is 3.54. The zero-order valence-electron chi connectivity index (χ0n) is 14.7. The second kappa shape index (κ2) is 7.28. The predicted molar refractivity (Wildman–Crippen MR) is 103 cm³/mol. The van der Waals surface area contributed by atoms with Gasteiger partial charge in [0.2, 0.25) is 0 Å². The number of carbonyl (C=O) groups is 2. The standard InChI is InChI=1S/C21H21NO2S/c1-4-25-19-18(17-11-7-15(3)8-12-17)20(23)22(21(19)24)13-16-9-5-14(2)6-10-16/h5-12H,4,13H2,1-3H3. The molecular weight excluding hydrogens is 330 g/mol. The van der Waals surface area contributed by atoms with Gasteiger partial charge in [-0.05, 0) is 30.7 Å². The Bertz CT molecular complexity index is 835. The van der Waals surface area contributed by atoms with Gasteiger partial charge in [0.25, 0.3) is 11.8 Å². The summed E-state index contributed by atoms with van der Waals surface area (Å²) >= 11 is 1.44. The lowest BCUT2D eigenvalue weighted by atomic mass is 10.0. The maximum atomic E-state index is 13.0. The Balaban J connectivity index is 1.95. The minimum absolute atomic E-state index is 0.187. The monoisotopic (exact) mass is 351 g/mol. The molecule has 0 saturated carbocycles. The highest BCUT2D eigenvalue weighted by molar-refractivity contribution is 8.04. The van der Waals surface area contributed by atoms with Gasteiger partial charge in [0.1, 0.15) is 0 Å². The molecule has 3 nitrogen and oxygen atoms in total. The molecule has 1 heterocycles. The lowest BCUT2D eigenvalue weighted by Gasteiger charge is -2.15. The van der Waals surface area contributed by atoms with Crippen LogP contribution in [0.5, 0.6) is 0 Å². The quantitative estimate of drug-likeness (QED) is 0.752.